The summed E-state index contributed by atoms with van der Waals surface area (Å²) < 4.78 is 0. The third kappa shape index (κ3) is 4.44. The van der Waals surface area contributed by atoms with Crippen molar-refractivity contribution in [2.75, 3.05) is 11.4 Å². The van der Waals surface area contributed by atoms with Crippen LogP contribution in [-0.4, -0.2) is 23.1 Å². The van der Waals surface area contributed by atoms with Crippen LogP contribution in [-0.2, 0) is 13.0 Å². The van der Waals surface area contributed by atoms with E-state index in [1.165, 1.54) is 36.3 Å². The van der Waals surface area contributed by atoms with Gasteiger partial charge in [-0.05, 0) is 64.2 Å². The van der Waals surface area contributed by atoms with Crippen LogP contribution in [0.1, 0.15) is 65.1 Å². The third-order valence-electron chi connectivity index (χ3n) is 4.25. The van der Waals surface area contributed by atoms with E-state index in [-0.39, 0.29) is 5.54 Å². The molecule has 0 aromatic carbocycles. The molecule has 1 N–H and O–H groups in total. The Morgan fingerprint density at radius 2 is 2.05 bits per heavy atom. The summed E-state index contributed by atoms with van der Waals surface area (Å²) in [7, 11) is 0. The molecule has 1 aromatic heterocycles. The molecule has 0 bridgehead atoms. The number of pyridine rings is 1. The van der Waals surface area contributed by atoms with Gasteiger partial charge in [-0.3, -0.25) is 0 Å². The fourth-order valence-corrected chi connectivity index (χ4v) is 2.99. The molecule has 3 heteroatoms. The van der Waals surface area contributed by atoms with Gasteiger partial charge in [0.05, 0.1) is 0 Å². The summed E-state index contributed by atoms with van der Waals surface area (Å²) in [6.45, 7) is 13.2. The molecule has 21 heavy (non-hydrogen) atoms. The van der Waals surface area contributed by atoms with Crippen molar-refractivity contribution in [1.82, 2.24) is 10.3 Å². The molecule has 1 fully saturated rings. The second-order valence-electron chi connectivity index (χ2n) is 7.18. The van der Waals surface area contributed by atoms with Crippen molar-refractivity contribution in [3.8, 4) is 0 Å². The standard InChI is InChI=1S/C18H31N3/c1-6-15-11-14(13-19-18(3,4)5)12-17(20-15)21-10-8-9-16(21)7-2/h11-12,16,19H,6-10,13H2,1-5H3. The molecule has 1 aliphatic rings. The van der Waals surface area contributed by atoms with Gasteiger partial charge in [0.2, 0.25) is 0 Å². The SMILES string of the molecule is CCc1cc(CNC(C)(C)C)cc(N2CCCC2CC)n1. The molecule has 1 saturated heterocycles. The Kier molecular flexibility index (Phi) is 5.26. The highest BCUT2D eigenvalue weighted by atomic mass is 15.2. The summed E-state index contributed by atoms with van der Waals surface area (Å²) in [6.07, 6.45) is 4.82. The predicted molar refractivity (Wildman–Crippen MR) is 90.9 cm³/mol. The van der Waals surface area contributed by atoms with Crippen LogP contribution in [0.3, 0.4) is 0 Å². The first-order valence-electron chi connectivity index (χ1n) is 8.44. The Morgan fingerprint density at radius 3 is 2.67 bits per heavy atom. The fourth-order valence-electron chi connectivity index (χ4n) is 2.99. The minimum atomic E-state index is 0.148. The second-order valence-corrected chi connectivity index (χ2v) is 7.18. The predicted octanol–water partition coefficient (Wildman–Crippen LogP) is 3.91. The van der Waals surface area contributed by atoms with Crippen LogP contribution in [0.2, 0.25) is 0 Å². The van der Waals surface area contributed by atoms with E-state index >= 15 is 0 Å². The first kappa shape index (κ1) is 16.3. The molecule has 0 radical (unpaired) electrons. The molecule has 0 aliphatic carbocycles. The summed E-state index contributed by atoms with van der Waals surface area (Å²) >= 11 is 0. The number of nitrogens with one attached hydrogen (secondary N) is 1. The summed E-state index contributed by atoms with van der Waals surface area (Å²) in [5.74, 6) is 1.18. The first-order chi connectivity index (χ1) is 9.93. The lowest BCUT2D eigenvalue weighted by molar-refractivity contribution is 0.424. The number of aromatic nitrogens is 1. The summed E-state index contributed by atoms with van der Waals surface area (Å²) in [4.78, 5) is 7.39. The van der Waals surface area contributed by atoms with Crippen molar-refractivity contribution in [1.29, 1.82) is 0 Å². The second kappa shape index (κ2) is 6.78. The maximum absolute atomic E-state index is 4.87. The lowest BCUT2D eigenvalue weighted by Gasteiger charge is -2.26. The molecular weight excluding hydrogens is 258 g/mol. The molecule has 0 spiro atoms. The van der Waals surface area contributed by atoms with E-state index in [2.05, 4.69) is 57.0 Å². The molecule has 1 atom stereocenters. The Balaban J connectivity index is 2.21. The molecule has 0 saturated carbocycles. The summed E-state index contributed by atoms with van der Waals surface area (Å²) in [5, 5.41) is 3.59. The number of nitrogens with zero attached hydrogens (tertiary/aromatic N) is 2. The van der Waals surface area contributed by atoms with Crippen LogP contribution in [0, 0.1) is 0 Å². The normalized spacial score (nSPS) is 19.3. The topological polar surface area (TPSA) is 28.2 Å². The lowest BCUT2D eigenvalue weighted by atomic mass is 10.1. The maximum Gasteiger partial charge on any atom is 0.129 e. The highest BCUT2D eigenvalue weighted by molar-refractivity contribution is 5.45. The zero-order valence-electron chi connectivity index (χ0n) is 14.4. The average Bonchev–Trinajstić information content (AvgIpc) is 2.92. The van der Waals surface area contributed by atoms with Gasteiger partial charge in [0.15, 0.2) is 0 Å². The van der Waals surface area contributed by atoms with Gasteiger partial charge in [-0.2, -0.15) is 0 Å². The van der Waals surface area contributed by atoms with E-state index in [0.29, 0.717) is 6.04 Å². The number of rotatable bonds is 5. The number of aryl methyl sites for hydroxylation is 1. The Hall–Kier alpha value is -1.09. The van der Waals surface area contributed by atoms with E-state index in [4.69, 9.17) is 4.98 Å². The van der Waals surface area contributed by atoms with Crippen molar-refractivity contribution in [2.45, 2.75) is 78.4 Å². The van der Waals surface area contributed by atoms with Gasteiger partial charge in [-0.15, -0.1) is 0 Å². The highest BCUT2D eigenvalue weighted by Crippen LogP contribution is 2.27. The van der Waals surface area contributed by atoms with Gasteiger partial charge < -0.3 is 10.2 Å². The monoisotopic (exact) mass is 289 g/mol. The molecule has 1 aromatic rings. The van der Waals surface area contributed by atoms with Gasteiger partial charge in [0.25, 0.3) is 0 Å². The van der Waals surface area contributed by atoms with Crippen molar-refractivity contribution in [3.05, 3.63) is 23.4 Å². The van der Waals surface area contributed by atoms with Crippen LogP contribution in [0.4, 0.5) is 5.82 Å². The Bertz CT molecular complexity index is 462. The van der Waals surface area contributed by atoms with E-state index in [0.717, 1.165) is 19.5 Å². The minimum absolute atomic E-state index is 0.148. The molecular formula is C18H31N3. The Morgan fingerprint density at radius 1 is 1.29 bits per heavy atom. The van der Waals surface area contributed by atoms with Crippen LogP contribution in [0.25, 0.3) is 0 Å². The van der Waals surface area contributed by atoms with Gasteiger partial charge in [-0.1, -0.05) is 13.8 Å². The smallest absolute Gasteiger partial charge is 0.129 e. The summed E-state index contributed by atoms with van der Waals surface area (Å²) in [6, 6.07) is 5.21. The number of hydrogen-bond acceptors (Lipinski definition) is 3. The van der Waals surface area contributed by atoms with E-state index < -0.39 is 0 Å². The van der Waals surface area contributed by atoms with Crippen molar-refractivity contribution >= 4 is 5.82 Å². The zero-order chi connectivity index (χ0) is 15.5. The first-order valence-corrected chi connectivity index (χ1v) is 8.44. The van der Waals surface area contributed by atoms with Gasteiger partial charge in [0, 0.05) is 30.4 Å². The van der Waals surface area contributed by atoms with E-state index in [1.807, 2.05) is 0 Å². The Labute approximate surface area is 130 Å². The van der Waals surface area contributed by atoms with Crippen LogP contribution in [0.15, 0.2) is 12.1 Å². The van der Waals surface area contributed by atoms with Crippen LogP contribution >= 0.6 is 0 Å². The van der Waals surface area contributed by atoms with Crippen molar-refractivity contribution < 1.29 is 0 Å². The minimum Gasteiger partial charge on any atom is -0.354 e. The van der Waals surface area contributed by atoms with Gasteiger partial charge in [-0.25, -0.2) is 4.98 Å². The third-order valence-corrected chi connectivity index (χ3v) is 4.25. The molecule has 118 valence electrons. The molecule has 0 amide bonds. The molecule has 3 nitrogen and oxygen atoms in total. The molecule has 2 rings (SSSR count). The molecule has 1 aliphatic heterocycles. The molecule has 1 unspecified atom stereocenters. The van der Waals surface area contributed by atoms with Crippen molar-refractivity contribution in [2.24, 2.45) is 0 Å². The zero-order valence-corrected chi connectivity index (χ0v) is 14.4. The largest absolute Gasteiger partial charge is 0.354 e. The fraction of sp³-hybridized carbons (Fsp3) is 0.722. The molecule has 2 heterocycles. The van der Waals surface area contributed by atoms with Gasteiger partial charge >= 0.3 is 0 Å². The van der Waals surface area contributed by atoms with Gasteiger partial charge in [0.1, 0.15) is 5.82 Å². The van der Waals surface area contributed by atoms with E-state index in [1.54, 1.807) is 0 Å². The number of anilines is 1. The highest BCUT2D eigenvalue weighted by Gasteiger charge is 2.24. The number of hydrogen-bond donors (Lipinski definition) is 1. The quantitative estimate of drug-likeness (QED) is 0.890. The van der Waals surface area contributed by atoms with Crippen molar-refractivity contribution in [3.63, 3.8) is 0 Å². The summed E-state index contributed by atoms with van der Waals surface area (Å²) in [5.41, 5.74) is 2.71. The van der Waals surface area contributed by atoms with E-state index in [9.17, 15) is 0 Å². The van der Waals surface area contributed by atoms with Crippen LogP contribution in [0.5, 0.6) is 0 Å². The average molecular weight is 289 g/mol. The lowest BCUT2D eigenvalue weighted by Crippen LogP contribution is -2.35. The maximum atomic E-state index is 4.87. The van der Waals surface area contributed by atoms with Crippen LogP contribution < -0.4 is 10.2 Å².